The number of allylic oxidation sites excluding steroid dienone is 8. The van der Waals surface area contributed by atoms with Gasteiger partial charge in [0.05, 0.1) is 0 Å². The normalized spacial score (nSPS) is 14.2. The summed E-state index contributed by atoms with van der Waals surface area (Å²) >= 11 is -5.01. The van der Waals surface area contributed by atoms with Crippen LogP contribution < -0.4 is 7.74 Å². The van der Waals surface area contributed by atoms with Crippen molar-refractivity contribution in [2.24, 2.45) is 0 Å². The average molecular weight is 631 g/mol. The first kappa shape index (κ1) is 32.7. The summed E-state index contributed by atoms with van der Waals surface area (Å²) in [6.07, 6.45) is 11.7. The van der Waals surface area contributed by atoms with Gasteiger partial charge in [-0.25, -0.2) is 0 Å². The van der Waals surface area contributed by atoms with E-state index in [2.05, 4.69) is 0 Å². The van der Waals surface area contributed by atoms with Crippen molar-refractivity contribution >= 4 is 19.6 Å². The molecule has 0 N–H and O–H groups in total. The van der Waals surface area contributed by atoms with E-state index in [1.165, 1.54) is 21.9 Å². The van der Waals surface area contributed by atoms with Crippen LogP contribution in [0.2, 0.25) is 0 Å². The van der Waals surface area contributed by atoms with Crippen molar-refractivity contribution in [1.82, 2.24) is 9.80 Å². The van der Waals surface area contributed by atoms with Gasteiger partial charge in [-0.1, -0.05) is 0 Å². The molecule has 0 heterocycles. The Hall–Kier alpha value is -3.23. The van der Waals surface area contributed by atoms with Crippen molar-refractivity contribution in [3.8, 4) is 0 Å². The molecule has 2 amide bonds. The van der Waals surface area contributed by atoms with E-state index < -0.39 is 39.9 Å². The molecule has 0 aliphatic heterocycles. The molecule has 0 saturated heterocycles. The Labute approximate surface area is 254 Å². The van der Waals surface area contributed by atoms with Gasteiger partial charge in [-0.15, -0.1) is 0 Å². The molecule has 0 saturated carbocycles. The molecule has 2 aliphatic rings. The second-order valence-corrected chi connectivity index (χ2v) is 16.6. The van der Waals surface area contributed by atoms with Crippen LogP contribution in [-0.4, -0.2) is 34.7 Å². The Morgan fingerprint density at radius 2 is 1.07 bits per heavy atom. The van der Waals surface area contributed by atoms with Gasteiger partial charge >= 0.3 is 256 Å². The third-order valence-electron chi connectivity index (χ3n) is 8.39. The zero-order valence-electron chi connectivity index (χ0n) is 25.2. The van der Waals surface area contributed by atoms with Crippen molar-refractivity contribution in [1.29, 1.82) is 0 Å². The van der Waals surface area contributed by atoms with Crippen LogP contribution in [0.25, 0.3) is 0 Å². The molecule has 2 aromatic rings. The number of hydrogen-bond donors (Lipinski definition) is 0. The zero-order valence-corrected chi connectivity index (χ0v) is 26.7. The van der Waals surface area contributed by atoms with Gasteiger partial charge in [0.25, 0.3) is 0 Å². The van der Waals surface area contributed by atoms with Gasteiger partial charge < -0.3 is 0 Å². The van der Waals surface area contributed by atoms with E-state index in [4.69, 9.17) is 0 Å². The number of halogens is 4. The maximum atomic E-state index is 16.9. The molecule has 228 valence electrons. The van der Waals surface area contributed by atoms with Crippen molar-refractivity contribution < 1.29 is 43.7 Å². The summed E-state index contributed by atoms with van der Waals surface area (Å²) in [5, 5.41) is 0. The van der Waals surface area contributed by atoms with Crippen molar-refractivity contribution in [3.05, 3.63) is 103 Å². The van der Waals surface area contributed by atoms with Gasteiger partial charge in [0.1, 0.15) is 0 Å². The summed E-state index contributed by atoms with van der Waals surface area (Å²) in [5.74, 6) is -3.85. The summed E-state index contributed by atoms with van der Waals surface area (Å²) < 4.78 is 67.1. The minimum atomic E-state index is -5.01. The van der Waals surface area contributed by atoms with Crippen LogP contribution in [0.5, 0.6) is 0 Å². The first-order valence-corrected chi connectivity index (χ1v) is 18.0. The first-order valence-electron chi connectivity index (χ1n) is 14.9. The monoisotopic (exact) mass is 630 g/mol. The van der Waals surface area contributed by atoms with Crippen molar-refractivity contribution in [2.45, 2.75) is 66.5 Å². The number of carbonyl (C=O) groups excluding carboxylic acids is 2. The Morgan fingerprint density at radius 3 is 1.37 bits per heavy atom. The molecular weight excluding hydrogens is 592 g/mol. The van der Waals surface area contributed by atoms with Gasteiger partial charge in [0.15, 0.2) is 0 Å². The van der Waals surface area contributed by atoms with Gasteiger partial charge in [0.2, 0.25) is 0 Å². The molecule has 4 nitrogen and oxygen atoms in total. The molecule has 2 aliphatic carbocycles. The topological polar surface area (TPSA) is 40.6 Å². The van der Waals surface area contributed by atoms with Gasteiger partial charge in [-0.05, 0) is 0 Å². The minimum absolute atomic E-state index is 0.0925. The van der Waals surface area contributed by atoms with Crippen molar-refractivity contribution in [3.63, 3.8) is 0 Å². The fourth-order valence-corrected chi connectivity index (χ4v) is 14.5. The average Bonchev–Trinajstić information content (AvgIpc) is 3.75. The summed E-state index contributed by atoms with van der Waals surface area (Å²) in [7, 11) is 0. The molecule has 43 heavy (non-hydrogen) atoms. The molecule has 2 aromatic carbocycles. The SMILES string of the molecule is CCC(=O)N(CC)Cc1ccc(F)[c]([Ti]([C]2=CC=CC2)([C]2=CC=CC2)[c]2c(F)ccc(CN(CC)C(=O)CC)c2F)c1F. The summed E-state index contributed by atoms with van der Waals surface area (Å²) in [4.78, 5) is 28.0. The first-order chi connectivity index (χ1) is 20.6. The fourth-order valence-electron chi connectivity index (χ4n) is 6.16. The predicted octanol–water partition coefficient (Wildman–Crippen LogP) is 6.55. The number of benzene rings is 2. The molecular formula is C34H38F4N2O2Ti. The number of nitrogens with zero attached hydrogens (tertiary/aromatic N) is 2. The van der Waals surface area contributed by atoms with E-state index in [0.717, 1.165) is 12.1 Å². The van der Waals surface area contributed by atoms with Crippen LogP contribution >= 0.6 is 0 Å². The zero-order chi connectivity index (χ0) is 31.3. The molecule has 0 bridgehead atoms. The van der Waals surface area contributed by atoms with Crippen molar-refractivity contribution in [2.75, 3.05) is 13.1 Å². The number of hydrogen-bond acceptors (Lipinski definition) is 2. The third kappa shape index (κ3) is 6.09. The second kappa shape index (κ2) is 14.0. The summed E-state index contributed by atoms with van der Waals surface area (Å²) in [5.41, 5.74) is 0.187. The molecule has 9 heteroatoms. The van der Waals surface area contributed by atoms with Gasteiger partial charge in [-0.3, -0.25) is 0 Å². The van der Waals surface area contributed by atoms with Crippen LogP contribution in [0.3, 0.4) is 0 Å². The van der Waals surface area contributed by atoms with Gasteiger partial charge in [0, 0.05) is 0 Å². The molecule has 0 aromatic heterocycles. The number of rotatable bonds is 12. The van der Waals surface area contributed by atoms with E-state index in [-0.39, 0.29) is 56.6 Å². The van der Waals surface area contributed by atoms with Crippen LogP contribution in [0.4, 0.5) is 17.6 Å². The third-order valence-corrected chi connectivity index (χ3v) is 16.3. The predicted molar refractivity (Wildman–Crippen MR) is 158 cm³/mol. The Morgan fingerprint density at radius 1 is 0.674 bits per heavy atom. The molecule has 4 rings (SSSR count). The summed E-state index contributed by atoms with van der Waals surface area (Å²) in [6.45, 7) is 7.45. The maximum absolute atomic E-state index is 16.9. The number of amides is 2. The molecule has 0 atom stereocenters. The van der Waals surface area contributed by atoms with E-state index in [0.29, 0.717) is 33.7 Å². The van der Waals surface area contributed by atoms with E-state index >= 15 is 17.6 Å². The van der Waals surface area contributed by atoms with Gasteiger partial charge in [-0.2, -0.15) is 0 Å². The quantitative estimate of drug-likeness (QED) is 0.197. The Kier molecular flexibility index (Phi) is 10.7. The molecule has 0 spiro atoms. The fraction of sp³-hybridized carbons (Fsp3) is 0.353. The van der Waals surface area contributed by atoms with E-state index in [1.807, 2.05) is 12.2 Å². The van der Waals surface area contributed by atoms with E-state index in [9.17, 15) is 9.59 Å². The molecule has 0 radical (unpaired) electrons. The Balaban J connectivity index is 2.06. The second-order valence-electron chi connectivity index (χ2n) is 10.7. The molecule has 0 unspecified atom stereocenters. The van der Waals surface area contributed by atoms with Crippen LogP contribution in [-0.2, 0) is 39.3 Å². The standard InChI is InChI=1S/2C12H14F2NO.2C5H5.Ti/c2*1-3-12(16)15(4-2)8-9-5-6-10(13)7-11(9)14;2*1-2-4-5-3-1;/h2*5-6H,3-4,8H2,1-2H3;2*1-3H,4H2;. The molecule has 0 fully saturated rings. The van der Waals surface area contributed by atoms with E-state index in [1.54, 1.807) is 52.0 Å². The summed E-state index contributed by atoms with van der Waals surface area (Å²) in [6, 6.07) is 4.94. The number of carbonyl (C=O) groups is 2. The van der Waals surface area contributed by atoms with Crippen LogP contribution in [0, 0.1) is 23.3 Å². The van der Waals surface area contributed by atoms with Crippen LogP contribution in [0.1, 0.15) is 64.5 Å². The van der Waals surface area contributed by atoms with Crippen LogP contribution in [0.15, 0.2) is 68.5 Å². The Bertz CT molecular complexity index is 1420.